The highest BCUT2D eigenvalue weighted by Gasteiger charge is 2.45. The van der Waals surface area contributed by atoms with Gasteiger partial charge in [0.1, 0.15) is 5.92 Å². The van der Waals surface area contributed by atoms with E-state index in [9.17, 15) is 24.5 Å². The number of nitro groups is 1. The van der Waals surface area contributed by atoms with Gasteiger partial charge in [-0.1, -0.05) is 19.1 Å². The second kappa shape index (κ2) is 6.70. The zero-order valence-electron chi connectivity index (χ0n) is 14.4. The van der Waals surface area contributed by atoms with Crippen LogP contribution in [0.3, 0.4) is 0 Å². The lowest BCUT2D eigenvalue weighted by molar-refractivity contribution is -0.384. The van der Waals surface area contributed by atoms with E-state index in [2.05, 4.69) is 5.32 Å². The van der Waals surface area contributed by atoms with Gasteiger partial charge in [0.05, 0.1) is 12.0 Å². The highest BCUT2D eigenvalue weighted by molar-refractivity contribution is 6.11. The first-order valence-electron chi connectivity index (χ1n) is 8.22. The second-order valence-electron chi connectivity index (χ2n) is 6.60. The van der Waals surface area contributed by atoms with Crippen molar-refractivity contribution in [3.05, 3.63) is 51.2 Å². The van der Waals surface area contributed by atoms with Gasteiger partial charge in [-0.2, -0.15) is 0 Å². The van der Waals surface area contributed by atoms with Gasteiger partial charge in [0.25, 0.3) is 5.69 Å². The largest absolute Gasteiger partial charge is 0.468 e. The Kier molecular flexibility index (Phi) is 4.58. The molecule has 0 saturated carbocycles. The quantitative estimate of drug-likeness (QED) is 0.381. The summed E-state index contributed by atoms with van der Waals surface area (Å²) < 4.78 is 4.76. The molecule has 136 valence electrons. The Morgan fingerprint density at radius 1 is 1.31 bits per heavy atom. The Labute approximate surface area is 149 Å². The van der Waals surface area contributed by atoms with Crippen LogP contribution in [0.2, 0.25) is 0 Å². The number of Topliss-reactive ketones (excluding diaryl/α,β-unsaturated/α-hetero) is 1. The van der Waals surface area contributed by atoms with Gasteiger partial charge >= 0.3 is 5.97 Å². The Morgan fingerprint density at radius 3 is 2.69 bits per heavy atom. The Morgan fingerprint density at radius 2 is 2.04 bits per heavy atom. The number of nitro benzene ring substituents is 1. The van der Waals surface area contributed by atoms with Crippen molar-refractivity contribution in [2.75, 3.05) is 7.11 Å². The number of hydrogen-bond donors (Lipinski definition) is 1. The van der Waals surface area contributed by atoms with Crippen LogP contribution in [0.4, 0.5) is 5.69 Å². The smallest absolute Gasteiger partial charge is 0.316 e. The molecular weight excluding hydrogens is 340 g/mol. The molecule has 0 fully saturated rings. The summed E-state index contributed by atoms with van der Waals surface area (Å²) in [7, 11) is 1.23. The molecule has 0 bridgehead atoms. The third-order valence-corrected chi connectivity index (χ3v) is 4.93. The molecule has 1 aromatic carbocycles. The molecule has 1 N–H and O–H groups in total. The first kappa shape index (κ1) is 17.8. The van der Waals surface area contributed by atoms with Gasteiger partial charge < -0.3 is 10.1 Å². The van der Waals surface area contributed by atoms with Crippen LogP contribution in [-0.4, -0.2) is 29.7 Å². The molecule has 8 heteroatoms. The van der Waals surface area contributed by atoms with Crippen LogP contribution in [0.1, 0.15) is 31.2 Å². The molecular formula is C18H18N2O6. The number of carbonyl (C=O) groups is 3. The molecule has 0 radical (unpaired) electrons. The van der Waals surface area contributed by atoms with Gasteiger partial charge in [0.15, 0.2) is 5.78 Å². The summed E-state index contributed by atoms with van der Waals surface area (Å²) in [6.45, 7) is 1.76. The number of esters is 1. The van der Waals surface area contributed by atoms with Crippen molar-refractivity contribution < 1.29 is 24.0 Å². The maximum Gasteiger partial charge on any atom is 0.316 e. The van der Waals surface area contributed by atoms with Gasteiger partial charge in [0.2, 0.25) is 5.91 Å². The summed E-state index contributed by atoms with van der Waals surface area (Å²) in [6, 6.07) is 5.89. The number of allylic oxidation sites excluding steroid dienone is 2. The van der Waals surface area contributed by atoms with Crippen molar-refractivity contribution in [2.24, 2.45) is 11.8 Å². The van der Waals surface area contributed by atoms with Crippen LogP contribution in [0.5, 0.6) is 0 Å². The van der Waals surface area contributed by atoms with E-state index in [4.69, 9.17) is 4.74 Å². The van der Waals surface area contributed by atoms with E-state index in [0.717, 1.165) is 0 Å². The van der Waals surface area contributed by atoms with Crippen LogP contribution in [0, 0.1) is 22.0 Å². The highest BCUT2D eigenvalue weighted by Crippen LogP contribution is 2.42. The van der Waals surface area contributed by atoms with Crippen LogP contribution in [0.25, 0.3) is 0 Å². The summed E-state index contributed by atoms with van der Waals surface area (Å²) in [5.74, 6) is -3.11. The van der Waals surface area contributed by atoms with E-state index in [1.165, 1.54) is 25.3 Å². The van der Waals surface area contributed by atoms with E-state index >= 15 is 0 Å². The molecule has 0 spiro atoms. The molecule has 26 heavy (non-hydrogen) atoms. The lowest BCUT2D eigenvalue weighted by atomic mass is 9.70. The maximum atomic E-state index is 13.0. The standard InChI is InChI=1S/C18H18N2O6/c1-9-6-13-16(17(22)15(9)18(23)26-2)12(8-14(21)19-13)10-4-3-5-11(7-10)20(24)25/h3-5,7,9,12,15H,6,8H2,1-2H3,(H,19,21)/t9-,12-,15-/m0/s1. The minimum atomic E-state index is -0.935. The van der Waals surface area contributed by atoms with E-state index in [0.29, 0.717) is 23.3 Å². The molecule has 0 unspecified atom stereocenters. The molecule has 1 aliphatic heterocycles. The minimum Gasteiger partial charge on any atom is -0.468 e. The third kappa shape index (κ3) is 2.98. The number of nitrogens with one attached hydrogen (secondary N) is 1. The summed E-state index contributed by atoms with van der Waals surface area (Å²) in [5.41, 5.74) is 1.24. The van der Waals surface area contributed by atoms with Crippen LogP contribution >= 0.6 is 0 Å². The van der Waals surface area contributed by atoms with Gasteiger partial charge in [-0.3, -0.25) is 24.5 Å². The minimum absolute atomic E-state index is 0.00594. The molecule has 1 amide bonds. The molecule has 0 aromatic heterocycles. The molecule has 3 rings (SSSR count). The average molecular weight is 358 g/mol. The molecule has 1 heterocycles. The number of nitrogens with zero attached hydrogens (tertiary/aromatic N) is 1. The van der Waals surface area contributed by atoms with Gasteiger partial charge in [-0.25, -0.2) is 0 Å². The lowest BCUT2D eigenvalue weighted by Crippen LogP contribution is -2.44. The Balaban J connectivity index is 2.09. The fourth-order valence-corrected chi connectivity index (χ4v) is 3.74. The fourth-order valence-electron chi connectivity index (χ4n) is 3.74. The predicted molar refractivity (Wildman–Crippen MR) is 89.9 cm³/mol. The van der Waals surface area contributed by atoms with Gasteiger partial charge in [-0.05, 0) is 17.9 Å². The molecule has 8 nitrogen and oxygen atoms in total. The molecule has 3 atom stereocenters. The monoisotopic (exact) mass is 358 g/mol. The normalized spacial score (nSPS) is 25.4. The molecule has 1 aromatic rings. The summed E-state index contributed by atoms with van der Waals surface area (Å²) in [6.07, 6.45) is 0.353. The van der Waals surface area contributed by atoms with Crippen molar-refractivity contribution >= 4 is 23.3 Å². The highest BCUT2D eigenvalue weighted by atomic mass is 16.6. The summed E-state index contributed by atoms with van der Waals surface area (Å²) in [5, 5.41) is 13.8. The third-order valence-electron chi connectivity index (χ3n) is 4.93. The zero-order valence-corrected chi connectivity index (χ0v) is 14.4. The van der Waals surface area contributed by atoms with Crippen molar-refractivity contribution in [3.63, 3.8) is 0 Å². The Hall–Kier alpha value is -3.03. The first-order valence-corrected chi connectivity index (χ1v) is 8.22. The summed E-state index contributed by atoms with van der Waals surface area (Å²) in [4.78, 5) is 47.8. The number of carbonyl (C=O) groups excluding carboxylic acids is 3. The van der Waals surface area contributed by atoms with E-state index in [-0.39, 0.29) is 29.7 Å². The number of rotatable bonds is 3. The second-order valence-corrected chi connectivity index (χ2v) is 6.60. The number of benzene rings is 1. The zero-order chi connectivity index (χ0) is 19.0. The molecule has 1 aliphatic carbocycles. The number of non-ortho nitro benzene ring substituents is 1. The van der Waals surface area contributed by atoms with E-state index < -0.39 is 22.7 Å². The number of ether oxygens (including phenoxy) is 1. The number of ketones is 1. The van der Waals surface area contributed by atoms with Crippen LogP contribution < -0.4 is 5.32 Å². The van der Waals surface area contributed by atoms with Crippen molar-refractivity contribution in [3.8, 4) is 0 Å². The number of methoxy groups -OCH3 is 1. The lowest BCUT2D eigenvalue weighted by Gasteiger charge is -2.36. The predicted octanol–water partition coefficient (Wildman–Crippen LogP) is 1.85. The molecule has 0 saturated heterocycles. The van der Waals surface area contributed by atoms with E-state index in [1.54, 1.807) is 13.0 Å². The van der Waals surface area contributed by atoms with Crippen LogP contribution in [-0.2, 0) is 19.1 Å². The Bertz CT molecular complexity index is 844. The van der Waals surface area contributed by atoms with Crippen molar-refractivity contribution in [1.29, 1.82) is 0 Å². The SMILES string of the molecule is COC(=O)[C@@H]1C(=O)C2=C(C[C@@H]1C)NC(=O)C[C@H]2c1cccc([N+](=O)[O-])c1. The fraction of sp³-hybridized carbons (Fsp3) is 0.389. The maximum absolute atomic E-state index is 13.0. The van der Waals surface area contributed by atoms with Crippen molar-refractivity contribution in [2.45, 2.75) is 25.7 Å². The number of amides is 1. The topological polar surface area (TPSA) is 116 Å². The van der Waals surface area contributed by atoms with E-state index in [1.807, 2.05) is 0 Å². The van der Waals surface area contributed by atoms with Crippen LogP contribution in [0.15, 0.2) is 35.5 Å². The molecule has 2 aliphatic rings. The summed E-state index contributed by atoms with van der Waals surface area (Å²) >= 11 is 0. The van der Waals surface area contributed by atoms with Gasteiger partial charge in [0, 0.05) is 35.7 Å². The number of hydrogen-bond acceptors (Lipinski definition) is 6. The average Bonchev–Trinajstić information content (AvgIpc) is 2.60. The van der Waals surface area contributed by atoms with Gasteiger partial charge in [-0.15, -0.1) is 0 Å². The van der Waals surface area contributed by atoms with Crippen molar-refractivity contribution in [1.82, 2.24) is 5.32 Å². The first-order chi connectivity index (χ1) is 12.3.